The number of carbonyl (C=O) groups excluding carboxylic acids is 1. The van der Waals surface area contributed by atoms with Gasteiger partial charge in [-0.05, 0) is 19.1 Å². The van der Waals surface area contributed by atoms with Crippen LogP contribution in [0.2, 0.25) is 0 Å². The van der Waals surface area contributed by atoms with Crippen molar-refractivity contribution in [2.45, 2.75) is 13.2 Å². The molecule has 5 heteroatoms. The number of hydrogen-bond acceptors (Lipinski definition) is 5. The van der Waals surface area contributed by atoms with Gasteiger partial charge < -0.3 is 19.7 Å². The third-order valence-electron chi connectivity index (χ3n) is 2.12. The van der Waals surface area contributed by atoms with Crippen molar-refractivity contribution < 1.29 is 24.5 Å². The van der Waals surface area contributed by atoms with Crippen LogP contribution in [0.1, 0.15) is 6.92 Å². The molecule has 0 amide bonds. The number of ether oxygens (including phenoxy) is 2. The Morgan fingerprint density at radius 3 is 2.69 bits per heavy atom. The van der Waals surface area contributed by atoms with Gasteiger partial charge in [0.05, 0.1) is 0 Å². The molecule has 1 heterocycles. The zero-order valence-electron chi connectivity index (χ0n) is 8.51. The van der Waals surface area contributed by atoms with E-state index in [-0.39, 0.29) is 17.2 Å². The van der Waals surface area contributed by atoms with Gasteiger partial charge in [0.25, 0.3) is 6.29 Å². The lowest BCUT2D eigenvalue weighted by Gasteiger charge is -2.12. The third-order valence-corrected chi connectivity index (χ3v) is 2.12. The predicted molar refractivity (Wildman–Crippen MR) is 54.0 cm³/mol. The minimum atomic E-state index is -0.831. The van der Waals surface area contributed by atoms with Gasteiger partial charge in [0, 0.05) is 17.7 Å². The lowest BCUT2D eigenvalue weighted by Crippen LogP contribution is -2.15. The maximum absolute atomic E-state index is 11.0. The number of phenols is 2. The molecule has 0 saturated heterocycles. The molecule has 0 bridgehead atoms. The smallest absolute Gasteiger partial charge is 0.336 e. The van der Waals surface area contributed by atoms with E-state index in [1.165, 1.54) is 18.2 Å². The molecule has 1 aromatic carbocycles. The monoisotopic (exact) mass is 222 g/mol. The minimum absolute atomic E-state index is 0.0695. The number of esters is 1. The summed E-state index contributed by atoms with van der Waals surface area (Å²) in [5.74, 6) is -0.584. The molecule has 1 aliphatic rings. The van der Waals surface area contributed by atoms with Crippen molar-refractivity contribution >= 4 is 5.97 Å². The van der Waals surface area contributed by atoms with Crippen molar-refractivity contribution in [2.75, 3.05) is 0 Å². The Bertz CT molecular complexity index is 463. The Morgan fingerprint density at radius 2 is 2.12 bits per heavy atom. The highest BCUT2D eigenvalue weighted by molar-refractivity contribution is 5.90. The summed E-state index contributed by atoms with van der Waals surface area (Å²) >= 11 is 0. The number of hydrogen-bond donors (Lipinski definition) is 2. The summed E-state index contributed by atoms with van der Waals surface area (Å²) in [5, 5.41) is 18.5. The van der Waals surface area contributed by atoms with E-state index in [0.29, 0.717) is 5.57 Å². The fraction of sp³-hybridized carbons (Fsp3) is 0.182. The van der Waals surface area contributed by atoms with Crippen LogP contribution in [-0.2, 0) is 9.53 Å². The number of phenolic OH excluding ortho intramolecular Hbond substituents is 2. The number of rotatable bonds is 2. The molecule has 2 N–H and O–H groups in total. The first-order valence-electron chi connectivity index (χ1n) is 4.64. The van der Waals surface area contributed by atoms with Gasteiger partial charge in [-0.2, -0.15) is 0 Å². The topological polar surface area (TPSA) is 76.0 Å². The second-order valence-corrected chi connectivity index (χ2v) is 3.39. The Kier molecular flexibility index (Phi) is 2.44. The lowest BCUT2D eigenvalue weighted by molar-refractivity contribution is -0.148. The Balaban J connectivity index is 2.14. The predicted octanol–water partition coefficient (Wildman–Crippen LogP) is 1.31. The number of carbonyl (C=O) groups is 1. The molecule has 0 radical (unpaired) electrons. The van der Waals surface area contributed by atoms with Gasteiger partial charge in [0.2, 0.25) is 0 Å². The highest BCUT2D eigenvalue weighted by Gasteiger charge is 2.24. The van der Waals surface area contributed by atoms with E-state index >= 15 is 0 Å². The quantitative estimate of drug-likeness (QED) is 0.738. The lowest BCUT2D eigenvalue weighted by atomic mass is 10.3. The molecule has 0 aliphatic carbocycles. The fourth-order valence-corrected chi connectivity index (χ4v) is 1.29. The summed E-state index contributed by atoms with van der Waals surface area (Å²) in [6.07, 6.45) is 0.678. The van der Waals surface area contributed by atoms with E-state index < -0.39 is 12.3 Å². The average Bonchev–Trinajstić information content (AvgIpc) is 2.51. The van der Waals surface area contributed by atoms with Gasteiger partial charge in [-0.25, -0.2) is 4.79 Å². The average molecular weight is 222 g/mol. The van der Waals surface area contributed by atoms with E-state index in [0.717, 1.165) is 6.07 Å². The van der Waals surface area contributed by atoms with Gasteiger partial charge in [-0.1, -0.05) is 0 Å². The van der Waals surface area contributed by atoms with Crippen LogP contribution in [0.5, 0.6) is 17.2 Å². The van der Waals surface area contributed by atoms with Crippen molar-refractivity contribution in [3.05, 3.63) is 29.8 Å². The Morgan fingerprint density at radius 1 is 1.38 bits per heavy atom. The second kappa shape index (κ2) is 3.77. The summed E-state index contributed by atoms with van der Waals surface area (Å²) < 4.78 is 10.1. The molecule has 1 atom stereocenters. The molecular weight excluding hydrogens is 212 g/mol. The highest BCUT2D eigenvalue weighted by atomic mass is 16.7. The van der Waals surface area contributed by atoms with Crippen molar-refractivity contribution in [3.8, 4) is 17.2 Å². The highest BCUT2D eigenvalue weighted by Crippen LogP contribution is 2.31. The van der Waals surface area contributed by atoms with Gasteiger partial charge in [-0.15, -0.1) is 0 Å². The summed E-state index contributed by atoms with van der Waals surface area (Å²) in [5.41, 5.74) is 0.461. The van der Waals surface area contributed by atoms with Crippen LogP contribution in [0.25, 0.3) is 0 Å². The fourth-order valence-electron chi connectivity index (χ4n) is 1.29. The largest absolute Gasteiger partial charge is 0.508 e. The molecule has 0 aromatic heterocycles. The van der Waals surface area contributed by atoms with Gasteiger partial charge in [0.1, 0.15) is 5.75 Å². The van der Waals surface area contributed by atoms with Crippen molar-refractivity contribution in [2.24, 2.45) is 0 Å². The maximum Gasteiger partial charge on any atom is 0.336 e. The second-order valence-electron chi connectivity index (χ2n) is 3.39. The van der Waals surface area contributed by atoms with Crippen molar-refractivity contribution in [1.82, 2.24) is 0 Å². The summed E-state index contributed by atoms with van der Waals surface area (Å²) in [6.45, 7) is 1.61. The van der Waals surface area contributed by atoms with E-state index in [4.69, 9.17) is 14.6 Å². The van der Waals surface area contributed by atoms with Crippen LogP contribution in [0.3, 0.4) is 0 Å². The van der Waals surface area contributed by atoms with E-state index in [1.54, 1.807) is 6.92 Å². The van der Waals surface area contributed by atoms with E-state index in [9.17, 15) is 9.90 Å². The third kappa shape index (κ3) is 1.93. The summed E-state index contributed by atoms with van der Waals surface area (Å²) in [4.78, 5) is 11.0. The Labute approximate surface area is 91.5 Å². The molecule has 0 spiro atoms. The first-order valence-corrected chi connectivity index (χ1v) is 4.64. The number of benzene rings is 1. The van der Waals surface area contributed by atoms with Crippen LogP contribution in [0.15, 0.2) is 29.8 Å². The maximum atomic E-state index is 11.0. The summed E-state index contributed by atoms with van der Waals surface area (Å²) in [7, 11) is 0. The Hall–Kier alpha value is -2.17. The van der Waals surface area contributed by atoms with Gasteiger partial charge in [-0.3, -0.25) is 0 Å². The molecule has 1 unspecified atom stereocenters. The van der Waals surface area contributed by atoms with Crippen molar-refractivity contribution in [1.29, 1.82) is 0 Å². The van der Waals surface area contributed by atoms with E-state index in [1.807, 2.05) is 0 Å². The molecule has 0 fully saturated rings. The molecule has 1 aromatic rings. The number of cyclic esters (lactones) is 1. The molecule has 16 heavy (non-hydrogen) atoms. The molecule has 84 valence electrons. The van der Waals surface area contributed by atoms with E-state index in [2.05, 4.69) is 0 Å². The normalized spacial score (nSPS) is 19.2. The molecule has 5 nitrogen and oxygen atoms in total. The van der Waals surface area contributed by atoms with Crippen LogP contribution >= 0.6 is 0 Å². The first-order chi connectivity index (χ1) is 7.56. The van der Waals surface area contributed by atoms with Crippen LogP contribution in [0, 0.1) is 0 Å². The molecular formula is C11H10O5. The zero-order chi connectivity index (χ0) is 11.7. The van der Waals surface area contributed by atoms with Crippen LogP contribution < -0.4 is 4.74 Å². The van der Waals surface area contributed by atoms with Crippen LogP contribution in [-0.4, -0.2) is 22.5 Å². The van der Waals surface area contributed by atoms with Crippen LogP contribution in [0.4, 0.5) is 0 Å². The van der Waals surface area contributed by atoms with Gasteiger partial charge >= 0.3 is 5.97 Å². The summed E-state index contributed by atoms with van der Waals surface area (Å²) in [6, 6.07) is 3.89. The number of aromatic hydroxyl groups is 2. The zero-order valence-corrected chi connectivity index (χ0v) is 8.51. The molecule has 2 rings (SSSR count). The molecule has 0 saturated carbocycles. The van der Waals surface area contributed by atoms with Crippen molar-refractivity contribution in [3.63, 3.8) is 0 Å². The van der Waals surface area contributed by atoms with Gasteiger partial charge in [0.15, 0.2) is 11.5 Å². The first kappa shape index (κ1) is 10.4. The SMILES string of the molecule is CC1=CC(Oc2ccc(O)cc2O)OC1=O. The minimum Gasteiger partial charge on any atom is -0.508 e. The standard InChI is InChI=1S/C11H10O5/c1-6-4-10(16-11(6)14)15-9-3-2-7(12)5-8(9)13/h2-5,10,12-13H,1H3. The molecule has 1 aliphatic heterocycles.